The van der Waals surface area contributed by atoms with Gasteiger partial charge in [0, 0.05) is 28.9 Å². The first-order chi connectivity index (χ1) is 12.1. The first-order valence-electron chi connectivity index (χ1n) is 7.67. The quantitative estimate of drug-likeness (QED) is 0.574. The number of aliphatic imine (C=N–C) groups is 1. The number of hydrogen-bond acceptors (Lipinski definition) is 4. The summed E-state index contributed by atoms with van der Waals surface area (Å²) in [5.41, 5.74) is 8.29. The Morgan fingerprint density at radius 1 is 1.16 bits per heavy atom. The van der Waals surface area contributed by atoms with Gasteiger partial charge in [-0.3, -0.25) is 9.79 Å². The zero-order valence-electron chi connectivity index (χ0n) is 13.7. The maximum Gasteiger partial charge on any atom is 0.337 e. The fourth-order valence-electron chi connectivity index (χ4n) is 2.62. The number of amides is 1. The van der Waals surface area contributed by atoms with Gasteiger partial charge < -0.3 is 15.0 Å². The number of primary amides is 1. The Hall–Kier alpha value is -3.41. The molecule has 0 aliphatic carbocycles. The Bertz CT molecular complexity index is 956. The van der Waals surface area contributed by atoms with Crippen molar-refractivity contribution in [2.24, 2.45) is 10.7 Å². The van der Waals surface area contributed by atoms with E-state index in [0.717, 1.165) is 16.5 Å². The van der Waals surface area contributed by atoms with Gasteiger partial charge in [-0.05, 0) is 30.3 Å². The molecule has 0 saturated heterocycles. The minimum atomic E-state index is -0.400. The summed E-state index contributed by atoms with van der Waals surface area (Å²) in [7, 11) is 1.34. The van der Waals surface area contributed by atoms with E-state index in [0.29, 0.717) is 11.3 Å². The van der Waals surface area contributed by atoms with Crippen LogP contribution >= 0.6 is 0 Å². The van der Waals surface area contributed by atoms with E-state index in [4.69, 9.17) is 5.73 Å². The van der Waals surface area contributed by atoms with Crippen LogP contribution in [0.5, 0.6) is 0 Å². The minimum Gasteiger partial charge on any atom is -0.465 e. The highest BCUT2D eigenvalue weighted by Crippen LogP contribution is 2.21. The summed E-state index contributed by atoms with van der Waals surface area (Å²) in [6, 6.07) is 14.5. The number of nitrogens with zero attached hydrogens (tertiary/aromatic N) is 2. The lowest BCUT2D eigenvalue weighted by atomic mass is 10.2. The number of esters is 1. The van der Waals surface area contributed by atoms with Crippen LogP contribution in [0.25, 0.3) is 10.9 Å². The van der Waals surface area contributed by atoms with Crippen molar-refractivity contribution < 1.29 is 14.3 Å². The van der Waals surface area contributed by atoms with Crippen LogP contribution in [-0.2, 0) is 16.1 Å². The number of fused-ring (bicyclic) bond motifs is 1. The second kappa shape index (κ2) is 7.00. The zero-order valence-corrected chi connectivity index (χ0v) is 13.7. The molecule has 1 aromatic heterocycles. The van der Waals surface area contributed by atoms with Crippen LogP contribution in [0.1, 0.15) is 15.9 Å². The highest BCUT2D eigenvalue weighted by Gasteiger charge is 2.08. The van der Waals surface area contributed by atoms with E-state index < -0.39 is 5.91 Å². The van der Waals surface area contributed by atoms with Crippen molar-refractivity contribution in [1.29, 1.82) is 0 Å². The minimum absolute atomic E-state index is 0.113. The van der Waals surface area contributed by atoms with E-state index in [9.17, 15) is 9.59 Å². The van der Waals surface area contributed by atoms with E-state index >= 15 is 0 Å². The van der Waals surface area contributed by atoms with Gasteiger partial charge in [0.25, 0.3) is 0 Å². The van der Waals surface area contributed by atoms with Crippen LogP contribution in [0.3, 0.4) is 0 Å². The Morgan fingerprint density at radius 2 is 1.88 bits per heavy atom. The normalized spacial score (nSPS) is 11.1. The summed E-state index contributed by atoms with van der Waals surface area (Å²) in [6.07, 6.45) is 3.58. The molecule has 2 N–H and O–H groups in total. The number of hydrogen-bond donors (Lipinski definition) is 1. The maximum absolute atomic E-state index is 11.4. The summed E-state index contributed by atoms with van der Waals surface area (Å²) >= 11 is 0. The van der Waals surface area contributed by atoms with Crippen LogP contribution in [0.4, 0.5) is 5.69 Å². The molecule has 6 heteroatoms. The fourth-order valence-corrected chi connectivity index (χ4v) is 2.62. The summed E-state index contributed by atoms with van der Waals surface area (Å²) < 4.78 is 6.48. The molecule has 0 spiro atoms. The van der Waals surface area contributed by atoms with Gasteiger partial charge in [-0.25, -0.2) is 4.79 Å². The average molecular weight is 335 g/mol. The molecule has 1 amide bonds. The third-order valence-electron chi connectivity index (χ3n) is 3.79. The Morgan fingerprint density at radius 3 is 2.56 bits per heavy atom. The number of carbonyl (C=O) groups excluding carboxylic acids is 2. The van der Waals surface area contributed by atoms with Crippen molar-refractivity contribution in [2.45, 2.75) is 6.54 Å². The molecule has 0 unspecified atom stereocenters. The van der Waals surface area contributed by atoms with E-state index in [1.807, 2.05) is 30.5 Å². The van der Waals surface area contributed by atoms with Crippen LogP contribution in [-0.4, -0.2) is 29.8 Å². The summed E-state index contributed by atoms with van der Waals surface area (Å²) in [4.78, 5) is 27.1. The first kappa shape index (κ1) is 16.4. The highest BCUT2D eigenvalue weighted by atomic mass is 16.5. The molecule has 25 heavy (non-hydrogen) atoms. The number of para-hydroxylation sites is 1. The Labute approximate surface area is 144 Å². The molecular formula is C19H17N3O3. The standard InChI is InChI=1S/C19H17N3O3/c1-25-19(24)13-6-8-15(9-7-13)21-10-14-11-22(12-18(20)23)17-5-3-2-4-16(14)17/h2-11H,12H2,1H3,(H2,20,23). The zero-order chi connectivity index (χ0) is 17.8. The van der Waals surface area contributed by atoms with Crippen LogP contribution in [0.15, 0.2) is 59.7 Å². The van der Waals surface area contributed by atoms with Crippen molar-refractivity contribution in [3.05, 3.63) is 65.9 Å². The lowest BCUT2D eigenvalue weighted by Gasteiger charge is -2.00. The number of methoxy groups -OCH3 is 1. The largest absolute Gasteiger partial charge is 0.465 e. The van der Waals surface area contributed by atoms with Crippen molar-refractivity contribution in [3.63, 3.8) is 0 Å². The summed E-state index contributed by atoms with van der Waals surface area (Å²) in [6.45, 7) is 0.113. The average Bonchev–Trinajstić information content (AvgIpc) is 2.97. The maximum atomic E-state index is 11.4. The van der Waals surface area contributed by atoms with Gasteiger partial charge in [-0.1, -0.05) is 18.2 Å². The molecule has 2 aromatic carbocycles. The van der Waals surface area contributed by atoms with E-state index in [-0.39, 0.29) is 12.5 Å². The Kier molecular flexibility index (Phi) is 4.61. The molecule has 0 bridgehead atoms. The summed E-state index contributed by atoms with van der Waals surface area (Å²) in [5.74, 6) is -0.785. The van der Waals surface area contributed by atoms with Crippen molar-refractivity contribution in [3.8, 4) is 0 Å². The lowest BCUT2D eigenvalue weighted by molar-refractivity contribution is -0.118. The fraction of sp³-hybridized carbons (Fsp3) is 0.105. The molecular weight excluding hydrogens is 318 g/mol. The third kappa shape index (κ3) is 3.58. The van der Waals surface area contributed by atoms with Gasteiger partial charge in [-0.15, -0.1) is 0 Å². The van der Waals surface area contributed by atoms with Gasteiger partial charge >= 0.3 is 5.97 Å². The number of ether oxygens (including phenoxy) is 1. The van der Waals surface area contributed by atoms with Crippen molar-refractivity contribution in [2.75, 3.05) is 7.11 Å². The monoisotopic (exact) mass is 335 g/mol. The predicted octanol–water partition coefficient (Wildman–Crippen LogP) is 2.66. The molecule has 0 fully saturated rings. The molecule has 0 aliphatic rings. The van der Waals surface area contributed by atoms with Crippen molar-refractivity contribution in [1.82, 2.24) is 4.57 Å². The molecule has 1 heterocycles. The third-order valence-corrected chi connectivity index (χ3v) is 3.79. The Balaban J connectivity index is 1.91. The van der Waals surface area contributed by atoms with Crippen LogP contribution in [0.2, 0.25) is 0 Å². The smallest absolute Gasteiger partial charge is 0.337 e. The van der Waals surface area contributed by atoms with Gasteiger partial charge in [0.15, 0.2) is 0 Å². The van der Waals surface area contributed by atoms with Crippen LogP contribution < -0.4 is 5.73 Å². The topological polar surface area (TPSA) is 86.7 Å². The summed E-state index contributed by atoms with van der Waals surface area (Å²) in [5, 5.41) is 0.985. The molecule has 0 saturated carbocycles. The SMILES string of the molecule is COC(=O)c1ccc(N=Cc2cn(CC(N)=O)c3ccccc23)cc1. The molecule has 3 rings (SSSR count). The van der Waals surface area contributed by atoms with Gasteiger partial charge in [0.1, 0.15) is 6.54 Å². The number of nitrogens with two attached hydrogens (primary N) is 1. The molecule has 0 aliphatic heterocycles. The second-order valence-electron chi connectivity index (χ2n) is 5.49. The van der Waals surface area contributed by atoms with E-state index in [2.05, 4.69) is 9.73 Å². The van der Waals surface area contributed by atoms with E-state index in [1.54, 1.807) is 35.0 Å². The van der Waals surface area contributed by atoms with Crippen LogP contribution in [0, 0.1) is 0 Å². The molecule has 3 aromatic rings. The highest BCUT2D eigenvalue weighted by molar-refractivity contribution is 6.00. The number of aromatic nitrogens is 1. The molecule has 0 atom stereocenters. The lowest BCUT2D eigenvalue weighted by Crippen LogP contribution is -2.17. The van der Waals surface area contributed by atoms with Crippen molar-refractivity contribution >= 4 is 34.7 Å². The number of rotatable bonds is 5. The van der Waals surface area contributed by atoms with Gasteiger partial charge in [-0.2, -0.15) is 0 Å². The van der Waals surface area contributed by atoms with Gasteiger partial charge in [0.2, 0.25) is 5.91 Å². The second-order valence-corrected chi connectivity index (χ2v) is 5.49. The molecule has 0 radical (unpaired) electrons. The molecule has 6 nitrogen and oxygen atoms in total. The van der Waals surface area contributed by atoms with E-state index in [1.165, 1.54) is 7.11 Å². The number of carbonyl (C=O) groups is 2. The molecule has 126 valence electrons. The van der Waals surface area contributed by atoms with Gasteiger partial charge in [0.05, 0.1) is 18.4 Å². The number of benzene rings is 2. The predicted molar refractivity (Wildman–Crippen MR) is 96.2 cm³/mol. The first-order valence-corrected chi connectivity index (χ1v) is 7.67.